The van der Waals surface area contributed by atoms with Crippen LogP contribution < -0.4 is 5.32 Å². The summed E-state index contributed by atoms with van der Waals surface area (Å²) in [6.07, 6.45) is 18.2. The van der Waals surface area contributed by atoms with E-state index in [0.29, 0.717) is 0 Å². The fraction of sp³-hybridized carbons (Fsp3) is 1.00. The van der Waals surface area contributed by atoms with Crippen LogP contribution in [-0.2, 0) is 0 Å². The van der Waals surface area contributed by atoms with Crippen molar-refractivity contribution in [1.29, 1.82) is 0 Å². The molecule has 0 aromatic carbocycles. The van der Waals surface area contributed by atoms with E-state index in [1.54, 1.807) is 0 Å². The molecule has 0 aliphatic carbocycles. The van der Waals surface area contributed by atoms with E-state index in [1.165, 1.54) is 96.6 Å². The van der Waals surface area contributed by atoms with Gasteiger partial charge in [0.25, 0.3) is 0 Å². The highest BCUT2D eigenvalue weighted by molar-refractivity contribution is 4.65. The first kappa shape index (κ1) is 22.0. The minimum atomic E-state index is 0.919. The van der Waals surface area contributed by atoms with Crippen molar-refractivity contribution < 1.29 is 0 Å². The zero-order valence-electron chi connectivity index (χ0n) is 16.3. The molecule has 0 rings (SSSR count). The lowest BCUT2D eigenvalue weighted by atomic mass is 9.94. The molecule has 0 aromatic rings. The van der Waals surface area contributed by atoms with Crippen LogP contribution in [0, 0.1) is 11.8 Å². The van der Waals surface area contributed by atoms with Crippen LogP contribution in [0.3, 0.4) is 0 Å². The lowest BCUT2D eigenvalue weighted by Crippen LogP contribution is -2.25. The quantitative estimate of drug-likeness (QED) is 0.286. The second kappa shape index (κ2) is 17.3. The lowest BCUT2D eigenvalue weighted by molar-refractivity contribution is 0.368. The molecule has 2 atom stereocenters. The SMILES string of the molecule is CCCCCC[C@@H](CCC)CNCCC(CC)CCCCC. The van der Waals surface area contributed by atoms with Gasteiger partial charge in [-0.25, -0.2) is 0 Å². The first-order valence-corrected chi connectivity index (χ1v) is 10.5. The molecule has 0 saturated carbocycles. The maximum atomic E-state index is 3.77. The van der Waals surface area contributed by atoms with Gasteiger partial charge in [-0.15, -0.1) is 0 Å². The molecule has 0 fully saturated rings. The summed E-state index contributed by atoms with van der Waals surface area (Å²) in [6, 6.07) is 0. The largest absolute Gasteiger partial charge is 0.316 e. The summed E-state index contributed by atoms with van der Waals surface area (Å²) in [4.78, 5) is 0. The van der Waals surface area contributed by atoms with E-state index in [-0.39, 0.29) is 0 Å². The third kappa shape index (κ3) is 13.6. The highest BCUT2D eigenvalue weighted by Gasteiger charge is 2.09. The Bertz CT molecular complexity index is 202. The second-order valence-corrected chi connectivity index (χ2v) is 7.27. The van der Waals surface area contributed by atoms with Gasteiger partial charge in [-0.3, -0.25) is 0 Å². The number of rotatable bonds is 17. The lowest BCUT2D eigenvalue weighted by Gasteiger charge is -2.19. The highest BCUT2D eigenvalue weighted by Crippen LogP contribution is 2.18. The van der Waals surface area contributed by atoms with E-state index in [4.69, 9.17) is 0 Å². The van der Waals surface area contributed by atoms with Crippen molar-refractivity contribution in [3.05, 3.63) is 0 Å². The van der Waals surface area contributed by atoms with Gasteiger partial charge in [0.05, 0.1) is 0 Å². The van der Waals surface area contributed by atoms with E-state index in [1.807, 2.05) is 0 Å². The Morgan fingerprint density at radius 1 is 0.591 bits per heavy atom. The van der Waals surface area contributed by atoms with Crippen LogP contribution in [-0.4, -0.2) is 13.1 Å². The van der Waals surface area contributed by atoms with Crippen LogP contribution in [0.1, 0.15) is 111 Å². The zero-order valence-corrected chi connectivity index (χ0v) is 16.3. The van der Waals surface area contributed by atoms with Crippen LogP contribution in [0.25, 0.3) is 0 Å². The minimum absolute atomic E-state index is 0.919. The fourth-order valence-corrected chi connectivity index (χ4v) is 3.46. The molecule has 0 amide bonds. The fourth-order valence-electron chi connectivity index (χ4n) is 3.46. The molecule has 1 unspecified atom stereocenters. The molecule has 1 heteroatoms. The molecule has 0 aliphatic heterocycles. The topological polar surface area (TPSA) is 12.0 Å². The van der Waals surface area contributed by atoms with Crippen molar-refractivity contribution in [3.63, 3.8) is 0 Å². The van der Waals surface area contributed by atoms with Crippen molar-refractivity contribution in [2.45, 2.75) is 111 Å². The molecule has 0 spiro atoms. The van der Waals surface area contributed by atoms with Crippen LogP contribution >= 0.6 is 0 Å². The van der Waals surface area contributed by atoms with Gasteiger partial charge >= 0.3 is 0 Å². The molecule has 1 N–H and O–H groups in total. The zero-order chi connectivity index (χ0) is 16.5. The molecule has 0 radical (unpaired) electrons. The van der Waals surface area contributed by atoms with Crippen LogP contribution in [0.2, 0.25) is 0 Å². The summed E-state index contributed by atoms with van der Waals surface area (Å²) in [5, 5.41) is 3.77. The average Bonchev–Trinajstić information content (AvgIpc) is 2.53. The summed E-state index contributed by atoms with van der Waals surface area (Å²) in [7, 11) is 0. The predicted octanol–water partition coefficient (Wildman–Crippen LogP) is 6.96. The van der Waals surface area contributed by atoms with Crippen molar-refractivity contribution in [2.24, 2.45) is 11.8 Å². The Labute approximate surface area is 142 Å². The Morgan fingerprint density at radius 3 is 1.86 bits per heavy atom. The van der Waals surface area contributed by atoms with Crippen LogP contribution in [0.5, 0.6) is 0 Å². The van der Waals surface area contributed by atoms with Gasteiger partial charge in [-0.2, -0.15) is 0 Å². The highest BCUT2D eigenvalue weighted by atomic mass is 14.9. The van der Waals surface area contributed by atoms with Crippen molar-refractivity contribution in [3.8, 4) is 0 Å². The van der Waals surface area contributed by atoms with Gasteiger partial charge in [0.15, 0.2) is 0 Å². The standard InChI is InChI=1S/C21H45N/c1-5-9-11-13-16-21(14-7-3)19-22-18-17-20(8-4)15-12-10-6-2/h20-22H,5-19H2,1-4H3/t20?,21-/m1/s1. The Hall–Kier alpha value is -0.0400. The molecule has 0 saturated heterocycles. The first-order chi connectivity index (χ1) is 10.8. The third-order valence-corrected chi connectivity index (χ3v) is 5.12. The maximum Gasteiger partial charge on any atom is -0.00205 e. The normalized spacial score (nSPS) is 14.2. The van der Waals surface area contributed by atoms with Crippen molar-refractivity contribution in [1.82, 2.24) is 5.32 Å². The van der Waals surface area contributed by atoms with Gasteiger partial charge in [0, 0.05) is 0 Å². The van der Waals surface area contributed by atoms with Gasteiger partial charge in [0.2, 0.25) is 0 Å². The van der Waals surface area contributed by atoms with E-state index >= 15 is 0 Å². The number of hydrogen-bond acceptors (Lipinski definition) is 1. The van der Waals surface area contributed by atoms with Gasteiger partial charge in [-0.05, 0) is 44.2 Å². The van der Waals surface area contributed by atoms with E-state index in [0.717, 1.165) is 11.8 Å². The molecule has 1 nitrogen and oxygen atoms in total. The summed E-state index contributed by atoms with van der Waals surface area (Å²) < 4.78 is 0. The molecular weight excluding hydrogens is 266 g/mol. The summed E-state index contributed by atoms with van der Waals surface area (Å²) in [6.45, 7) is 11.8. The molecular formula is C21H45N. The number of hydrogen-bond donors (Lipinski definition) is 1. The predicted molar refractivity (Wildman–Crippen MR) is 103 cm³/mol. The summed E-state index contributed by atoms with van der Waals surface area (Å²) in [5.41, 5.74) is 0. The smallest absolute Gasteiger partial charge is 0.00205 e. The van der Waals surface area contributed by atoms with Crippen LogP contribution in [0.4, 0.5) is 0 Å². The molecule has 0 bridgehead atoms. The first-order valence-electron chi connectivity index (χ1n) is 10.5. The summed E-state index contributed by atoms with van der Waals surface area (Å²) in [5.74, 6) is 1.87. The van der Waals surface area contributed by atoms with Crippen LogP contribution in [0.15, 0.2) is 0 Å². The Kier molecular flexibility index (Phi) is 17.3. The van der Waals surface area contributed by atoms with Gasteiger partial charge in [0.1, 0.15) is 0 Å². The molecule has 0 aliphatic rings. The number of unbranched alkanes of at least 4 members (excludes halogenated alkanes) is 5. The molecule has 0 heterocycles. The average molecular weight is 312 g/mol. The summed E-state index contributed by atoms with van der Waals surface area (Å²) >= 11 is 0. The molecule has 0 aromatic heterocycles. The van der Waals surface area contributed by atoms with Gasteiger partial charge in [-0.1, -0.05) is 91.9 Å². The monoisotopic (exact) mass is 311 g/mol. The van der Waals surface area contributed by atoms with Crippen molar-refractivity contribution >= 4 is 0 Å². The van der Waals surface area contributed by atoms with Crippen molar-refractivity contribution in [2.75, 3.05) is 13.1 Å². The van der Waals surface area contributed by atoms with E-state index in [2.05, 4.69) is 33.0 Å². The van der Waals surface area contributed by atoms with Gasteiger partial charge < -0.3 is 5.32 Å². The Morgan fingerprint density at radius 2 is 1.23 bits per heavy atom. The maximum absolute atomic E-state index is 3.77. The van der Waals surface area contributed by atoms with E-state index < -0.39 is 0 Å². The molecule has 134 valence electrons. The number of nitrogens with one attached hydrogen (secondary N) is 1. The van der Waals surface area contributed by atoms with E-state index in [9.17, 15) is 0 Å². The Balaban J connectivity index is 3.71. The second-order valence-electron chi connectivity index (χ2n) is 7.27. The minimum Gasteiger partial charge on any atom is -0.316 e. The third-order valence-electron chi connectivity index (χ3n) is 5.12. The molecule has 22 heavy (non-hydrogen) atoms.